The Bertz CT molecular complexity index is 979. The van der Waals surface area contributed by atoms with Gasteiger partial charge in [0.25, 0.3) is 0 Å². The van der Waals surface area contributed by atoms with E-state index in [2.05, 4.69) is 26.7 Å². The predicted molar refractivity (Wildman–Crippen MR) is 117 cm³/mol. The van der Waals surface area contributed by atoms with Gasteiger partial charge in [0.15, 0.2) is 0 Å². The number of fused-ring (bicyclic) bond motifs is 1. The summed E-state index contributed by atoms with van der Waals surface area (Å²) >= 11 is 0. The highest BCUT2D eigenvalue weighted by molar-refractivity contribution is 5.86. The van der Waals surface area contributed by atoms with Gasteiger partial charge < -0.3 is 19.5 Å². The first-order valence-corrected chi connectivity index (χ1v) is 10.7. The summed E-state index contributed by atoms with van der Waals surface area (Å²) in [5.41, 5.74) is 0.937. The van der Waals surface area contributed by atoms with Gasteiger partial charge in [-0.3, -0.25) is 4.90 Å². The molecule has 1 aliphatic rings. The lowest BCUT2D eigenvalue weighted by Gasteiger charge is -2.36. The predicted octanol–water partition coefficient (Wildman–Crippen LogP) is 3.19. The standard InChI is InChI=1S/C23H28N4O4/c1-2-26(19(15-28)21-11-17-5-3-4-6-20(17)31-21)14-16-7-9-27(10-8-16)23-24-12-18(13-25-23)22(29)30/h3-6,11-13,16,19,28H,2,7-10,14-15H2,1H3,(H,29,30). The summed E-state index contributed by atoms with van der Waals surface area (Å²) in [6.07, 6.45) is 4.68. The second kappa shape index (κ2) is 9.45. The molecule has 0 aliphatic carbocycles. The average molecular weight is 425 g/mol. The Morgan fingerprint density at radius 1 is 1.26 bits per heavy atom. The highest BCUT2D eigenvalue weighted by Gasteiger charge is 2.27. The minimum atomic E-state index is -1.02. The quantitative estimate of drug-likeness (QED) is 0.568. The van der Waals surface area contributed by atoms with E-state index in [1.54, 1.807) is 0 Å². The average Bonchev–Trinajstić information content (AvgIpc) is 3.23. The topological polar surface area (TPSA) is 103 Å². The molecule has 1 saturated heterocycles. The highest BCUT2D eigenvalue weighted by Crippen LogP contribution is 2.30. The van der Waals surface area contributed by atoms with Crippen molar-refractivity contribution in [2.45, 2.75) is 25.8 Å². The second-order valence-corrected chi connectivity index (χ2v) is 7.98. The Hall–Kier alpha value is -2.97. The van der Waals surface area contributed by atoms with Crippen LogP contribution in [0, 0.1) is 5.92 Å². The summed E-state index contributed by atoms with van der Waals surface area (Å²) in [5.74, 6) is 0.849. The number of likely N-dealkylation sites (N-methyl/N-ethyl adjacent to an activating group) is 1. The molecule has 8 heteroatoms. The molecule has 0 radical (unpaired) electrons. The molecule has 1 aliphatic heterocycles. The van der Waals surface area contributed by atoms with Gasteiger partial charge in [-0.25, -0.2) is 14.8 Å². The number of carboxylic acids is 1. The van der Waals surface area contributed by atoms with Gasteiger partial charge in [0.05, 0.1) is 18.2 Å². The van der Waals surface area contributed by atoms with E-state index < -0.39 is 5.97 Å². The van der Waals surface area contributed by atoms with Crippen LogP contribution < -0.4 is 4.90 Å². The molecule has 8 nitrogen and oxygen atoms in total. The number of carboxylic acid groups (broad SMARTS) is 1. The van der Waals surface area contributed by atoms with Gasteiger partial charge in [0.1, 0.15) is 11.3 Å². The normalized spacial score (nSPS) is 16.2. The van der Waals surface area contributed by atoms with E-state index in [-0.39, 0.29) is 18.2 Å². The van der Waals surface area contributed by atoms with Crippen molar-refractivity contribution in [3.05, 3.63) is 54.0 Å². The van der Waals surface area contributed by atoms with Crippen LogP contribution in [0.3, 0.4) is 0 Å². The SMILES string of the molecule is CCN(CC1CCN(c2ncc(C(=O)O)cn2)CC1)C(CO)c1cc2ccccc2o1. The Morgan fingerprint density at radius 3 is 2.58 bits per heavy atom. The maximum Gasteiger partial charge on any atom is 0.338 e. The van der Waals surface area contributed by atoms with Gasteiger partial charge in [0.2, 0.25) is 5.95 Å². The van der Waals surface area contributed by atoms with Crippen molar-refractivity contribution in [1.82, 2.24) is 14.9 Å². The maximum absolute atomic E-state index is 11.0. The van der Waals surface area contributed by atoms with Crippen LogP contribution in [0.1, 0.15) is 41.9 Å². The minimum Gasteiger partial charge on any atom is -0.478 e. The maximum atomic E-state index is 11.0. The lowest BCUT2D eigenvalue weighted by molar-refractivity contribution is 0.0696. The number of rotatable bonds is 8. The number of carbonyl (C=O) groups is 1. The van der Waals surface area contributed by atoms with Crippen LogP contribution in [-0.2, 0) is 0 Å². The van der Waals surface area contributed by atoms with Gasteiger partial charge in [-0.2, -0.15) is 0 Å². The highest BCUT2D eigenvalue weighted by atomic mass is 16.4. The van der Waals surface area contributed by atoms with E-state index in [4.69, 9.17) is 9.52 Å². The number of aromatic nitrogens is 2. The van der Waals surface area contributed by atoms with Crippen molar-refractivity contribution < 1.29 is 19.4 Å². The summed E-state index contributed by atoms with van der Waals surface area (Å²) in [5, 5.41) is 20.2. The van der Waals surface area contributed by atoms with Crippen LogP contribution in [0.25, 0.3) is 11.0 Å². The number of anilines is 1. The molecular weight excluding hydrogens is 396 g/mol. The first-order chi connectivity index (χ1) is 15.1. The Labute approximate surface area is 181 Å². The van der Waals surface area contributed by atoms with Crippen molar-refractivity contribution in [3.63, 3.8) is 0 Å². The van der Waals surface area contributed by atoms with Crippen LogP contribution in [0.5, 0.6) is 0 Å². The van der Waals surface area contributed by atoms with Crippen molar-refractivity contribution in [3.8, 4) is 0 Å². The van der Waals surface area contributed by atoms with E-state index >= 15 is 0 Å². The molecule has 1 atom stereocenters. The van der Waals surface area contributed by atoms with Gasteiger partial charge in [-0.1, -0.05) is 25.1 Å². The van der Waals surface area contributed by atoms with Crippen molar-refractivity contribution in [1.29, 1.82) is 0 Å². The molecule has 2 aromatic heterocycles. The molecule has 2 N–H and O–H groups in total. The van der Waals surface area contributed by atoms with Gasteiger partial charge >= 0.3 is 5.97 Å². The lowest BCUT2D eigenvalue weighted by atomic mass is 9.95. The number of furan rings is 1. The zero-order chi connectivity index (χ0) is 21.8. The largest absolute Gasteiger partial charge is 0.478 e. The Morgan fingerprint density at radius 2 is 1.97 bits per heavy atom. The van der Waals surface area contributed by atoms with Crippen molar-refractivity contribution >= 4 is 22.9 Å². The number of nitrogens with zero attached hydrogens (tertiary/aromatic N) is 4. The second-order valence-electron chi connectivity index (χ2n) is 7.98. The first-order valence-electron chi connectivity index (χ1n) is 10.7. The third-order valence-electron chi connectivity index (χ3n) is 6.07. The van der Waals surface area contributed by atoms with E-state index in [0.717, 1.165) is 55.8 Å². The lowest BCUT2D eigenvalue weighted by Crippen LogP contribution is -2.41. The Kier molecular flexibility index (Phi) is 6.48. The van der Waals surface area contributed by atoms with E-state index in [0.29, 0.717) is 11.9 Å². The summed E-state index contributed by atoms with van der Waals surface area (Å²) in [4.78, 5) is 23.8. The zero-order valence-corrected chi connectivity index (χ0v) is 17.6. The molecule has 0 spiro atoms. The molecule has 0 bridgehead atoms. The smallest absolute Gasteiger partial charge is 0.338 e. The van der Waals surface area contributed by atoms with Gasteiger partial charge in [-0.15, -0.1) is 0 Å². The Balaban J connectivity index is 1.38. The van der Waals surface area contributed by atoms with E-state index in [1.807, 2.05) is 30.3 Å². The molecule has 1 aromatic carbocycles. The van der Waals surface area contributed by atoms with Crippen LogP contribution >= 0.6 is 0 Å². The number of aliphatic hydroxyl groups excluding tert-OH is 1. The van der Waals surface area contributed by atoms with Crippen LogP contribution in [0.4, 0.5) is 5.95 Å². The summed E-state index contributed by atoms with van der Waals surface area (Å²) in [6, 6.07) is 9.77. The molecule has 1 fully saturated rings. The molecule has 3 heterocycles. The number of benzene rings is 1. The zero-order valence-electron chi connectivity index (χ0n) is 17.6. The van der Waals surface area contributed by atoms with Crippen LogP contribution in [0.2, 0.25) is 0 Å². The monoisotopic (exact) mass is 424 g/mol. The molecule has 164 valence electrons. The molecular formula is C23H28N4O4. The molecule has 3 aromatic rings. The fraction of sp³-hybridized carbons (Fsp3) is 0.435. The van der Waals surface area contributed by atoms with Crippen LogP contribution in [-0.4, -0.2) is 63.8 Å². The third kappa shape index (κ3) is 4.70. The number of hydrogen-bond acceptors (Lipinski definition) is 7. The van der Waals surface area contributed by atoms with Crippen LogP contribution in [0.15, 0.2) is 47.1 Å². The van der Waals surface area contributed by atoms with Crippen molar-refractivity contribution in [2.24, 2.45) is 5.92 Å². The fourth-order valence-electron chi connectivity index (χ4n) is 4.27. The molecule has 31 heavy (non-hydrogen) atoms. The number of para-hydroxylation sites is 1. The minimum absolute atomic E-state index is 0.0102. The molecule has 1 unspecified atom stereocenters. The molecule has 0 amide bonds. The summed E-state index contributed by atoms with van der Waals surface area (Å²) in [7, 11) is 0. The molecule has 0 saturated carbocycles. The van der Waals surface area contributed by atoms with Gasteiger partial charge in [0, 0.05) is 37.4 Å². The number of aliphatic hydroxyl groups is 1. The van der Waals surface area contributed by atoms with E-state index in [1.165, 1.54) is 12.4 Å². The number of piperidine rings is 1. The van der Waals surface area contributed by atoms with Gasteiger partial charge in [-0.05, 0) is 37.4 Å². The van der Waals surface area contributed by atoms with E-state index in [9.17, 15) is 9.90 Å². The molecule has 4 rings (SSSR count). The first kappa shape index (κ1) is 21.3. The number of aromatic carboxylic acids is 1. The number of hydrogen-bond donors (Lipinski definition) is 2. The third-order valence-corrected chi connectivity index (χ3v) is 6.07. The summed E-state index contributed by atoms with van der Waals surface area (Å²) in [6.45, 7) is 5.47. The summed E-state index contributed by atoms with van der Waals surface area (Å²) < 4.78 is 6.03. The van der Waals surface area contributed by atoms with Crippen molar-refractivity contribution in [2.75, 3.05) is 37.7 Å². The fourth-order valence-corrected chi connectivity index (χ4v) is 4.27.